The minimum atomic E-state index is 0.108. The molecule has 0 atom stereocenters. The SMILES string of the molecule is CN(C(=O)c1ccc2cn[nH]c2c1)C1CCC(C)(C)CC1. The predicted octanol–water partition coefficient (Wildman–Crippen LogP) is 3.60. The Hall–Kier alpha value is -1.84. The van der Waals surface area contributed by atoms with Crippen molar-refractivity contribution in [3.8, 4) is 0 Å². The number of nitrogens with zero attached hydrogens (tertiary/aromatic N) is 2. The summed E-state index contributed by atoms with van der Waals surface area (Å²) in [6, 6.07) is 6.10. The molecule has 1 aromatic heterocycles. The van der Waals surface area contributed by atoms with E-state index in [-0.39, 0.29) is 5.91 Å². The summed E-state index contributed by atoms with van der Waals surface area (Å²) in [4.78, 5) is 14.6. The van der Waals surface area contributed by atoms with Gasteiger partial charge in [-0.05, 0) is 43.2 Å². The van der Waals surface area contributed by atoms with Gasteiger partial charge >= 0.3 is 0 Å². The van der Waals surface area contributed by atoms with Gasteiger partial charge in [0.05, 0.1) is 11.7 Å². The summed E-state index contributed by atoms with van der Waals surface area (Å²) in [6.07, 6.45) is 6.35. The highest BCUT2D eigenvalue weighted by molar-refractivity contribution is 5.97. The van der Waals surface area contributed by atoms with Crippen molar-refractivity contribution in [2.45, 2.75) is 45.6 Å². The highest BCUT2D eigenvalue weighted by Crippen LogP contribution is 2.36. The molecule has 0 bridgehead atoms. The van der Waals surface area contributed by atoms with Crippen molar-refractivity contribution in [2.24, 2.45) is 5.41 Å². The van der Waals surface area contributed by atoms with Crippen LogP contribution in [0, 0.1) is 5.41 Å². The minimum absolute atomic E-state index is 0.108. The first kappa shape index (κ1) is 14.1. The number of hydrogen-bond donors (Lipinski definition) is 1. The van der Waals surface area contributed by atoms with E-state index in [0.29, 0.717) is 11.5 Å². The van der Waals surface area contributed by atoms with E-state index in [2.05, 4.69) is 24.0 Å². The summed E-state index contributed by atoms with van der Waals surface area (Å²) in [5, 5.41) is 7.96. The Kier molecular flexibility index (Phi) is 3.47. The van der Waals surface area contributed by atoms with Crippen LogP contribution < -0.4 is 0 Å². The summed E-state index contributed by atoms with van der Waals surface area (Å²) in [5.74, 6) is 0.108. The average Bonchev–Trinajstić information content (AvgIpc) is 2.93. The van der Waals surface area contributed by atoms with Crippen LogP contribution in [-0.2, 0) is 0 Å². The molecule has 1 N–H and O–H groups in total. The molecular formula is C17H23N3O. The lowest BCUT2D eigenvalue weighted by Gasteiger charge is -2.38. The first-order valence-corrected chi connectivity index (χ1v) is 7.67. The number of carbonyl (C=O) groups excluding carboxylic acids is 1. The Morgan fingerprint density at radius 1 is 1.33 bits per heavy atom. The molecular weight excluding hydrogens is 262 g/mol. The molecule has 1 amide bonds. The maximum Gasteiger partial charge on any atom is 0.253 e. The van der Waals surface area contributed by atoms with Gasteiger partial charge < -0.3 is 4.90 Å². The smallest absolute Gasteiger partial charge is 0.253 e. The summed E-state index contributed by atoms with van der Waals surface area (Å²) < 4.78 is 0. The molecule has 0 unspecified atom stereocenters. The number of benzene rings is 1. The molecule has 0 spiro atoms. The van der Waals surface area contributed by atoms with Crippen LogP contribution >= 0.6 is 0 Å². The van der Waals surface area contributed by atoms with Crippen LogP contribution in [0.3, 0.4) is 0 Å². The van der Waals surface area contributed by atoms with Crippen molar-refractivity contribution in [2.75, 3.05) is 7.05 Å². The molecule has 112 valence electrons. The number of fused-ring (bicyclic) bond motifs is 1. The van der Waals surface area contributed by atoms with Crippen molar-refractivity contribution >= 4 is 16.8 Å². The Morgan fingerprint density at radius 2 is 2.05 bits per heavy atom. The van der Waals surface area contributed by atoms with Gasteiger partial charge in [-0.25, -0.2) is 0 Å². The zero-order valence-corrected chi connectivity index (χ0v) is 13.0. The number of hydrogen-bond acceptors (Lipinski definition) is 2. The van der Waals surface area contributed by atoms with Crippen LogP contribution in [0.5, 0.6) is 0 Å². The first-order valence-electron chi connectivity index (χ1n) is 7.67. The van der Waals surface area contributed by atoms with E-state index in [1.54, 1.807) is 6.20 Å². The third-order valence-electron chi connectivity index (χ3n) is 4.87. The predicted molar refractivity (Wildman–Crippen MR) is 84.2 cm³/mol. The molecule has 1 aliphatic carbocycles. The minimum Gasteiger partial charge on any atom is -0.339 e. The van der Waals surface area contributed by atoms with Gasteiger partial charge in [0.1, 0.15) is 0 Å². The van der Waals surface area contributed by atoms with Crippen LogP contribution in [0.1, 0.15) is 49.9 Å². The third kappa shape index (κ3) is 2.80. The van der Waals surface area contributed by atoms with Crippen molar-refractivity contribution < 1.29 is 4.79 Å². The van der Waals surface area contributed by atoms with Gasteiger partial charge in [0, 0.05) is 24.0 Å². The lowest BCUT2D eigenvalue weighted by molar-refractivity contribution is 0.0635. The molecule has 4 nitrogen and oxygen atoms in total. The highest BCUT2D eigenvalue weighted by Gasteiger charge is 2.30. The second-order valence-corrected chi connectivity index (χ2v) is 6.98. The molecule has 0 radical (unpaired) electrons. The molecule has 1 aliphatic rings. The lowest BCUT2D eigenvalue weighted by Crippen LogP contribution is -2.40. The Bertz CT molecular complexity index is 649. The van der Waals surface area contributed by atoms with E-state index < -0.39 is 0 Å². The molecule has 0 aliphatic heterocycles. The van der Waals surface area contributed by atoms with Crippen molar-refractivity contribution in [3.05, 3.63) is 30.0 Å². The van der Waals surface area contributed by atoms with Crippen molar-refractivity contribution in [3.63, 3.8) is 0 Å². The molecule has 2 aromatic rings. The molecule has 1 fully saturated rings. The number of nitrogens with one attached hydrogen (secondary N) is 1. The van der Waals surface area contributed by atoms with Gasteiger partial charge in [-0.2, -0.15) is 5.10 Å². The topological polar surface area (TPSA) is 49.0 Å². The van der Waals surface area contributed by atoms with Gasteiger partial charge in [0.15, 0.2) is 0 Å². The second-order valence-electron chi connectivity index (χ2n) is 6.98. The van der Waals surface area contributed by atoms with Crippen LogP contribution in [0.2, 0.25) is 0 Å². The summed E-state index contributed by atoms with van der Waals surface area (Å²) in [7, 11) is 1.93. The number of H-pyrrole nitrogens is 1. The fourth-order valence-electron chi connectivity index (χ4n) is 3.21. The maximum absolute atomic E-state index is 12.7. The van der Waals surface area contributed by atoms with Gasteiger partial charge in [-0.1, -0.05) is 19.9 Å². The molecule has 0 saturated heterocycles. The summed E-state index contributed by atoms with van der Waals surface area (Å²) in [6.45, 7) is 4.63. The monoisotopic (exact) mass is 285 g/mol. The molecule has 1 saturated carbocycles. The number of amides is 1. The lowest BCUT2D eigenvalue weighted by atomic mass is 9.75. The normalized spacial score (nSPS) is 18.8. The van der Waals surface area contributed by atoms with Crippen molar-refractivity contribution in [1.82, 2.24) is 15.1 Å². The quantitative estimate of drug-likeness (QED) is 0.916. The largest absolute Gasteiger partial charge is 0.339 e. The molecule has 4 heteroatoms. The van der Waals surface area contributed by atoms with E-state index >= 15 is 0 Å². The average molecular weight is 285 g/mol. The Labute approximate surface area is 125 Å². The first-order chi connectivity index (χ1) is 9.96. The van der Waals surface area contributed by atoms with Crippen LogP contribution in [0.25, 0.3) is 10.9 Å². The molecule has 3 rings (SSSR count). The van der Waals surface area contributed by atoms with E-state index in [0.717, 1.165) is 29.3 Å². The van der Waals surface area contributed by atoms with E-state index in [1.807, 2.05) is 30.1 Å². The standard InChI is InChI=1S/C17H23N3O/c1-17(2)8-6-14(7-9-17)20(3)16(21)12-4-5-13-11-18-19-15(13)10-12/h4-5,10-11,14H,6-9H2,1-3H3,(H,18,19). The second kappa shape index (κ2) is 5.17. The zero-order chi connectivity index (χ0) is 15.0. The molecule has 21 heavy (non-hydrogen) atoms. The fraction of sp³-hybridized carbons (Fsp3) is 0.529. The molecule has 1 aromatic carbocycles. The van der Waals surface area contributed by atoms with Gasteiger partial charge in [-0.15, -0.1) is 0 Å². The zero-order valence-electron chi connectivity index (χ0n) is 13.0. The third-order valence-corrected chi connectivity index (χ3v) is 4.87. The van der Waals surface area contributed by atoms with Crippen LogP contribution in [0.4, 0.5) is 0 Å². The van der Waals surface area contributed by atoms with Gasteiger partial charge in [0.2, 0.25) is 0 Å². The Balaban J connectivity index is 1.75. The molecule has 1 heterocycles. The summed E-state index contributed by atoms with van der Waals surface area (Å²) >= 11 is 0. The summed E-state index contributed by atoms with van der Waals surface area (Å²) in [5.41, 5.74) is 2.08. The highest BCUT2D eigenvalue weighted by atomic mass is 16.2. The van der Waals surface area contributed by atoms with Crippen molar-refractivity contribution in [1.29, 1.82) is 0 Å². The Morgan fingerprint density at radius 3 is 2.76 bits per heavy atom. The van der Waals surface area contributed by atoms with Crippen LogP contribution in [-0.4, -0.2) is 34.1 Å². The number of rotatable bonds is 2. The van der Waals surface area contributed by atoms with E-state index in [1.165, 1.54) is 12.8 Å². The van der Waals surface area contributed by atoms with Gasteiger partial charge in [0.25, 0.3) is 5.91 Å². The van der Waals surface area contributed by atoms with E-state index in [9.17, 15) is 4.79 Å². The van der Waals surface area contributed by atoms with Crippen LogP contribution in [0.15, 0.2) is 24.4 Å². The van der Waals surface area contributed by atoms with E-state index in [4.69, 9.17) is 0 Å². The number of aromatic amines is 1. The van der Waals surface area contributed by atoms with Gasteiger partial charge in [-0.3, -0.25) is 9.89 Å². The maximum atomic E-state index is 12.7. The number of aromatic nitrogens is 2. The fourth-order valence-corrected chi connectivity index (χ4v) is 3.21. The number of carbonyl (C=O) groups is 1.